The third-order valence-electron chi connectivity index (χ3n) is 5.59. The van der Waals surface area contributed by atoms with Gasteiger partial charge in [0.2, 0.25) is 0 Å². The molecule has 0 fully saturated rings. The van der Waals surface area contributed by atoms with Crippen LogP contribution in [0.2, 0.25) is 0 Å². The van der Waals surface area contributed by atoms with Gasteiger partial charge in [-0.15, -0.1) is 5.10 Å². The largest absolute Gasteiger partial charge is 0.870 e. The van der Waals surface area contributed by atoms with Gasteiger partial charge in [-0.2, -0.15) is 9.67 Å². The van der Waals surface area contributed by atoms with Crippen LogP contribution in [-0.4, -0.2) is 41.8 Å². The Hall–Kier alpha value is -4.31. The van der Waals surface area contributed by atoms with Crippen LogP contribution in [0.15, 0.2) is 77.0 Å². The molecule has 0 atom stereocenters. The number of nitrogens with zero attached hydrogens (tertiary/aromatic N) is 3. The number of amides is 1. The molecule has 1 heterocycles. The Bertz CT molecular complexity index is 1420. The summed E-state index contributed by atoms with van der Waals surface area (Å²) in [6, 6.07) is 20.4. The number of H-pyrrole nitrogens is 1. The summed E-state index contributed by atoms with van der Waals surface area (Å²) in [6.07, 6.45) is 0. The summed E-state index contributed by atoms with van der Waals surface area (Å²) in [4.78, 5) is 12.6. The number of nitrogens with one attached hydrogen (secondary N) is 2. The van der Waals surface area contributed by atoms with E-state index >= 15 is 0 Å². The predicted molar refractivity (Wildman–Crippen MR) is 140 cm³/mol. The second-order valence-corrected chi connectivity index (χ2v) is 9.08. The van der Waals surface area contributed by atoms with Crippen molar-refractivity contribution < 1.29 is 23.9 Å². The molecule has 10 heteroatoms. The number of aromatic amines is 1. The number of hydrogen-bond donors (Lipinski definition) is 2. The maximum atomic E-state index is 12.6. The molecule has 0 aliphatic carbocycles. The third kappa shape index (κ3) is 6.10. The van der Waals surface area contributed by atoms with Crippen molar-refractivity contribution in [2.75, 3.05) is 20.0 Å². The normalized spacial score (nSPS) is 11.3. The van der Waals surface area contributed by atoms with E-state index in [1.54, 1.807) is 26.2 Å². The number of hydrazone groups is 1. The Morgan fingerprint density at radius 3 is 2.49 bits per heavy atom. The molecule has 0 spiro atoms. The Balaban J connectivity index is 1.52. The lowest BCUT2D eigenvalue weighted by Gasteiger charge is -2.13. The first-order valence-corrected chi connectivity index (χ1v) is 12.4. The molecule has 37 heavy (non-hydrogen) atoms. The van der Waals surface area contributed by atoms with Gasteiger partial charge in [0, 0.05) is 5.56 Å². The first-order chi connectivity index (χ1) is 17.9. The number of carbonyl (C=O) groups is 1. The second-order valence-electron chi connectivity index (χ2n) is 8.14. The number of benzene rings is 3. The summed E-state index contributed by atoms with van der Waals surface area (Å²) < 4.78 is 12.3. The highest BCUT2D eigenvalue weighted by atomic mass is 32.2. The standard InChI is InChI=1S/C27H27N5O4S/c1-17-5-7-19(8-6-17)26-30-31-27(32(26)21-10-12-22(35-3)13-11-21)37-16-25(34)29-28-18(2)20-9-14-23(33)24(15-20)36-4/h5-15H,16H2,1-4H3,(H2,28,29,33,34). The third-order valence-corrected chi connectivity index (χ3v) is 6.53. The Kier molecular flexibility index (Phi) is 8.09. The van der Waals surface area contributed by atoms with E-state index in [1.807, 2.05) is 60.0 Å². The van der Waals surface area contributed by atoms with Crippen LogP contribution < -0.4 is 24.6 Å². The number of carbonyl (C=O) groups excluding carboxylic acids is 1. The number of aryl methyl sites for hydroxylation is 1. The Labute approximate surface area is 219 Å². The van der Waals surface area contributed by atoms with E-state index in [0.29, 0.717) is 16.4 Å². The molecular weight excluding hydrogens is 490 g/mol. The van der Waals surface area contributed by atoms with Crippen LogP contribution in [0.3, 0.4) is 0 Å². The molecule has 4 rings (SSSR count). The van der Waals surface area contributed by atoms with Crippen LogP contribution in [0, 0.1) is 6.92 Å². The van der Waals surface area contributed by atoms with E-state index in [1.165, 1.54) is 24.9 Å². The van der Waals surface area contributed by atoms with Gasteiger partial charge in [0.1, 0.15) is 17.2 Å². The zero-order valence-corrected chi connectivity index (χ0v) is 21.8. The van der Waals surface area contributed by atoms with Crippen molar-refractivity contribution in [2.45, 2.75) is 19.0 Å². The monoisotopic (exact) mass is 517 g/mol. The molecule has 2 N–H and O–H groups in total. The minimum atomic E-state index is -0.294. The minimum absolute atomic E-state index is 0.0912. The molecule has 0 bridgehead atoms. The summed E-state index contributed by atoms with van der Waals surface area (Å²) in [5.74, 6) is 1.34. The fraction of sp³-hybridized carbons (Fsp3) is 0.185. The molecule has 0 radical (unpaired) electrons. The van der Waals surface area contributed by atoms with E-state index in [0.717, 1.165) is 28.4 Å². The quantitative estimate of drug-likeness (QED) is 0.152. The molecule has 4 aromatic rings. The van der Waals surface area contributed by atoms with Gasteiger partial charge >= 0.3 is 5.16 Å². The van der Waals surface area contributed by atoms with Crippen LogP contribution in [0.25, 0.3) is 17.1 Å². The average molecular weight is 518 g/mol. The molecule has 190 valence electrons. The van der Waals surface area contributed by atoms with Crippen molar-refractivity contribution in [1.82, 2.24) is 15.6 Å². The van der Waals surface area contributed by atoms with Gasteiger partial charge in [-0.05, 0) is 68.1 Å². The maximum absolute atomic E-state index is 12.6. The van der Waals surface area contributed by atoms with Gasteiger partial charge < -0.3 is 14.6 Å². The van der Waals surface area contributed by atoms with Crippen molar-refractivity contribution in [3.8, 4) is 34.3 Å². The van der Waals surface area contributed by atoms with Gasteiger partial charge in [-0.1, -0.05) is 35.6 Å². The van der Waals surface area contributed by atoms with Gasteiger partial charge in [0.05, 0.1) is 36.3 Å². The number of methoxy groups -OCH3 is 2. The second kappa shape index (κ2) is 11.6. The molecule has 1 amide bonds. The number of aromatic nitrogens is 3. The first-order valence-electron chi connectivity index (χ1n) is 11.4. The fourth-order valence-corrected chi connectivity index (χ4v) is 4.30. The summed E-state index contributed by atoms with van der Waals surface area (Å²) in [7, 11) is 3.06. The molecular formula is C27H27N5O4S. The van der Waals surface area contributed by atoms with Gasteiger partial charge in [0.25, 0.3) is 11.7 Å². The van der Waals surface area contributed by atoms with E-state index < -0.39 is 0 Å². The lowest BCUT2D eigenvalue weighted by molar-refractivity contribution is -0.625. The van der Waals surface area contributed by atoms with Gasteiger partial charge in [-0.3, -0.25) is 4.79 Å². The van der Waals surface area contributed by atoms with Crippen LogP contribution in [0.5, 0.6) is 17.2 Å². The molecule has 9 nitrogen and oxygen atoms in total. The molecule has 0 aliphatic heterocycles. The van der Waals surface area contributed by atoms with Gasteiger partial charge in [-0.25, -0.2) is 5.43 Å². The smallest absolute Gasteiger partial charge is 0.342 e. The average Bonchev–Trinajstić information content (AvgIpc) is 3.35. The zero-order chi connectivity index (χ0) is 26.4. The zero-order valence-electron chi connectivity index (χ0n) is 20.9. The molecule has 0 unspecified atom stereocenters. The van der Waals surface area contributed by atoms with E-state index in [2.05, 4.69) is 20.7 Å². The molecule has 1 aromatic heterocycles. The van der Waals surface area contributed by atoms with Crippen LogP contribution >= 0.6 is 11.8 Å². The minimum Gasteiger partial charge on any atom is -0.870 e. The summed E-state index contributed by atoms with van der Waals surface area (Å²) in [5, 5.41) is 24.1. The van der Waals surface area contributed by atoms with Crippen molar-refractivity contribution >= 4 is 23.4 Å². The lowest BCUT2D eigenvalue weighted by atomic mass is 10.1. The number of hydrogen-bond acceptors (Lipinski definition) is 7. The lowest BCUT2D eigenvalue weighted by Crippen LogP contribution is -2.34. The molecule has 3 aromatic carbocycles. The van der Waals surface area contributed by atoms with Gasteiger partial charge in [0.15, 0.2) is 0 Å². The molecule has 0 aliphatic rings. The summed E-state index contributed by atoms with van der Waals surface area (Å²) in [6.45, 7) is 3.78. The maximum Gasteiger partial charge on any atom is 0.342 e. The van der Waals surface area contributed by atoms with Crippen LogP contribution in [0.4, 0.5) is 0 Å². The van der Waals surface area contributed by atoms with E-state index in [9.17, 15) is 9.90 Å². The Morgan fingerprint density at radius 1 is 1.08 bits per heavy atom. The SMILES string of the molecule is COc1ccc(-[n+]2c(SCC(=O)NN=C(C)c3ccc([O-])c(OC)c3)n[nH]c2-c2ccc(C)cc2)cc1. The van der Waals surface area contributed by atoms with Crippen molar-refractivity contribution in [2.24, 2.45) is 5.10 Å². The van der Waals surface area contributed by atoms with E-state index in [4.69, 9.17) is 9.47 Å². The van der Waals surface area contributed by atoms with Crippen LogP contribution in [0.1, 0.15) is 18.1 Å². The summed E-state index contributed by atoms with van der Waals surface area (Å²) >= 11 is 1.28. The van der Waals surface area contributed by atoms with E-state index in [-0.39, 0.29) is 23.2 Å². The number of thioether (sulfide) groups is 1. The van der Waals surface area contributed by atoms with Crippen molar-refractivity contribution in [3.63, 3.8) is 0 Å². The topological polar surface area (TPSA) is 116 Å². The Morgan fingerprint density at radius 2 is 1.81 bits per heavy atom. The number of rotatable bonds is 9. The predicted octanol–water partition coefficient (Wildman–Crippen LogP) is 3.39. The van der Waals surface area contributed by atoms with Crippen molar-refractivity contribution in [3.05, 3.63) is 77.9 Å². The highest BCUT2D eigenvalue weighted by Crippen LogP contribution is 2.24. The first kappa shape index (κ1) is 25.8. The summed E-state index contributed by atoms with van der Waals surface area (Å²) in [5.41, 5.74) is 6.78. The highest BCUT2D eigenvalue weighted by Gasteiger charge is 2.24. The molecule has 0 saturated carbocycles. The van der Waals surface area contributed by atoms with Crippen LogP contribution in [-0.2, 0) is 4.79 Å². The molecule has 0 saturated heterocycles. The number of ether oxygens (including phenoxy) is 2. The highest BCUT2D eigenvalue weighted by molar-refractivity contribution is 7.99. The fourth-order valence-electron chi connectivity index (χ4n) is 3.53. The van der Waals surface area contributed by atoms with Crippen molar-refractivity contribution in [1.29, 1.82) is 0 Å².